The molecule has 0 radical (unpaired) electrons. The molecule has 4 heterocycles. The zero-order valence-corrected chi connectivity index (χ0v) is 25.4. The topological polar surface area (TPSA) is 38.1 Å². The maximum atomic E-state index is 14.7. The van der Waals surface area contributed by atoms with Gasteiger partial charge in [0.15, 0.2) is 0 Å². The average molecular weight is 604 g/mol. The van der Waals surface area contributed by atoms with Crippen molar-refractivity contribution in [3.63, 3.8) is 0 Å². The van der Waals surface area contributed by atoms with Gasteiger partial charge in [0.2, 0.25) is 0 Å². The van der Waals surface area contributed by atoms with Crippen molar-refractivity contribution in [2.24, 2.45) is 0 Å². The second-order valence-corrected chi connectivity index (χ2v) is 13.5. The molecule has 4 nitrogen and oxygen atoms in total. The molecule has 45 heavy (non-hydrogen) atoms. The van der Waals surface area contributed by atoms with Crippen LogP contribution in [-0.4, -0.2) is 27.0 Å². The predicted octanol–water partition coefficient (Wildman–Crippen LogP) is 7.75. The molecule has 10 rings (SSSR count). The lowest BCUT2D eigenvalue weighted by Gasteiger charge is -2.44. The number of hydrogen-bond acceptors (Lipinski definition) is 3. The van der Waals surface area contributed by atoms with E-state index in [1.165, 1.54) is 22.3 Å². The molecule has 3 fully saturated rings. The highest BCUT2D eigenvalue weighted by atomic mass is 35.5. The number of piperidine rings is 1. The summed E-state index contributed by atoms with van der Waals surface area (Å²) in [6.45, 7) is 0.943. The van der Waals surface area contributed by atoms with Crippen molar-refractivity contribution in [1.82, 2.24) is 14.5 Å². The molecule has 1 spiro atoms. The first-order valence-corrected chi connectivity index (χ1v) is 16.3. The summed E-state index contributed by atoms with van der Waals surface area (Å²) in [5.41, 5.74) is 5.35. The summed E-state index contributed by atoms with van der Waals surface area (Å²) >= 11 is 6.46. The van der Waals surface area contributed by atoms with Gasteiger partial charge in [-0.25, -0.2) is 4.98 Å². The molecule has 3 aliphatic heterocycles. The smallest absolute Gasteiger partial charge is 0.266 e. The fourth-order valence-corrected chi connectivity index (χ4v) is 10.7. The van der Waals surface area contributed by atoms with Gasteiger partial charge in [-0.1, -0.05) is 121 Å². The van der Waals surface area contributed by atoms with Gasteiger partial charge >= 0.3 is 0 Å². The van der Waals surface area contributed by atoms with Crippen LogP contribution in [0.1, 0.15) is 46.8 Å². The maximum Gasteiger partial charge on any atom is 0.266 e. The number of hydrogen-bond donors (Lipinski definition) is 0. The van der Waals surface area contributed by atoms with E-state index in [-0.39, 0.29) is 22.9 Å². The first-order valence-electron chi connectivity index (χ1n) is 15.9. The fourth-order valence-electron chi connectivity index (χ4n) is 10.5. The van der Waals surface area contributed by atoms with Crippen LogP contribution in [0, 0.1) is 0 Å². The highest BCUT2D eigenvalue weighted by Gasteiger charge is 2.95. The second-order valence-electron chi connectivity index (χ2n) is 13.1. The van der Waals surface area contributed by atoms with E-state index in [4.69, 9.17) is 16.6 Å². The number of para-hydroxylation sites is 1. The number of nitrogens with zero attached hydrogens (tertiary/aromatic N) is 3. The van der Waals surface area contributed by atoms with Crippen LogP contribution in [0.25, 0.3) is 16.6 Å². The van der Waals surface area contributed by atoms with Crippen molar-refractivity contribution in [3.05, 3.63) is 177 Å². The van der Waals surface area contributed by atoms with E-state index in [0.29, 0.717) is 15.9 Å². The first kappa shape index (κ1) is 25.8. The predicted molar refractivity (Wildman–Crippen MR) is 178 cm³/mol. The Labute approximate surface area is 266 Å². The first-order chi connectivity index (χ1) is 22.2. The van der Waals surface area contributed by atoms with Gasteiger partial charge in [0.1, 0.15) is 11.4 Å². The summed E-state index contributed by atoms with van der Waals surface area (Å²) in [7, 11) is 0. The van der Waals surface area contributed by atoms with Gasteiger partial charge in [-0.15, -0.1) is 0 Å². The van der Waals surface area contributed by atoms with Crippen LogP contribution < -0.4 is 5.56 Å². The molecule has 5 atom stereocenters. The minimum absolute atomic E-state index is 0.0603. The number of rotatable bonds is 3. The van der Waals surface area contributed by atoms with Gasteiger partial charge in [-0.05, 0) is 60.3 Å². The van der Waals surface area contributed by atoms with Gasteiger partial charge in [0, 0.05) is 33.4 Å². The maximum absolute atomic E-state index is 14.7. The van der Waals surface area contributed by atoms with Gasteiger partial charge in [0.25, 0.3) is 5.56 Å². The number of halogens is 1. The lowest BCUT2D eigenvalue weighted by molar-refractivity contribution is 0.109. The fraction of sp³-hybridized carbons (Fsp3) is 0.200. The summed E-state index contributed by atoms with van der Waals surface area (Å²) in [6, 6.07) is 47.8. The van der Waals surface area contributed by atoms with Crippen LogP contribution in [0.15, 0.2) is 138 Å². The Balaban J connectivity index is 1.44. The second kappa shape index (κ2) is 8.81. The molecule has 0 N–H and O–H groups in total. The van der Waals surface area contributed by atoms with E-state index >= 15 is 0 Å². The summed E-state index contributed by atoms with van der Waals surface area (Å²) in [6.07, 6.45) is 2.19. The van der Waals surface area contributed by atoms with Crippen LogP contribution in [0.2, 0.25) is 5.02 Å². The Hall–Kier alpha value is -4.51. The molecule has 1 aliphatic carbocycles. The zero-order chi connectivity index (χ0) is 30.0. The average Bonchev–Trinajstić information content (AvgIpc) is 3.33. The van der Waals surface area contributed by atoms with Crippen molar-refractivity contribution >= 4 is 22.5 Å². The summed E-state index contributed by atoms with van der Waals surface area (Å²) in [5.74, 6) is 0.989. The minimum atomic E-state index is -0.685. The molecular formula is C40H30ClN3O. The highest BCUT2D eigenvalue weighted by molar-refractivity contribution is 6.31. The van der Waals surface area contributed by atoms with Crippen LogP contribution in [0.5, 0.6) is 0 Å². The Bertz CT molecular complexity index is 2220. The molecule has 5 heteroatoms. The Kier molecular flexibility index (Phi) is 5.05. The molecular weight excluding hydrogens is 574 g/mol. The standard InChI is InChI=1S/C40H30ClN3O/c41-29-22-23-32-30(25-29)36(45)44-33-20-11-10-19-31(33)40(37(44)42-32)39(28-17-8-3-9-18-28)35(26-13-4-1-5-14-26)38(39,27-15-6-2-7-16-27)34-21-12-24-43(34)40/h1-11,13-20,22-23,25,34-35H,12,21,24H2/t34-,35-,38-,39+,40-/m1/s1. The third kappa shape index (κ3) is 2.77. The Morgan fingerprint density at radius 1 is 0.756 bits per heavy atom. The summed E-state index contributed by atoms with van der Waals surface area (Å²) < 4.78 is 1.93. The lowest BCUT2D eigenvalue weighted by Crippen LogP contribution is -2.53. The third-order valence-corrected chi connectivity index (χ3v) is 11.8. The van der Waals surface area contributed by atoms with E-state index in [1.807, 2.05) is 22.8 Å². The van der Waals surface area contributed by atoms with Gasteiger partial charge < -0.3 is 0 Å². The molecule has 1 saturated carbocycles. The summed E-state index contributed by atoms with van der Waals surface area (Å²) in [5, 5.41) is 1.09. The van der Waals surface area contributed by atoms with Crippen molar-refractivity contribution in [2.75, 3.05) is 6.54 Å². The van der Waals surface area contributed by atoms with E-state index in [0.717, 1.165) is 30.9 Å². The number of benzene rings is 5. The van der Waals surface area contributed by atoms with Gasteiger partial charge in [-0.2, -0.15) is 0 Å². The van der Waals surface area contributed by atoms with Crippen LogP contribution in [-0.2, 0) is 16.4 Å². The van der Waals surface area contributed by atoms with Crippen LogP contribution >= 0.6 is 11.6 Å². The molecule has 6 aromatic rings. The zero-order valence-electron chi connectivity index (χ0n) is 24.6. The van der Waals surface area contributed by atoms with Crippen molar-refractivity contribution in [2.45, 2.75) is 41.2 Å². The minimum Gasteiger partial charge on any atom is -0.282 e. The molecule has 1 aromatic heterocycles. The van der Waals surface area contributed by atoms with E-state index < -0.39 is 11.0 Å². The van der Waals surface area contributed by atoms with Gasteiger partial charge in [0.05, 0.1) is 16.6 Å². The normalized spacial score (nSPS) is 29.0. The summed E-state index contributed by atoms with van der Waals surface area (Å²) in [4.78, 5) is 23.0. The van der Waals surface area contributed by atoms with Crippen molar-refractivity contribution in [3.8, 4) is 5.69 Å². The monoisotopic (exact) mass is 603 g/mol. The van der Waals surface area contributed by atoms with Crippen molar-refractivity contribution < 1.29 is 0 Å². The third-order valence-electron chi connectivity index (χ3n) is 11.5. The Morgan fingerprint density at radius 3 is 2.18 bits per heavy atom. The number of fused-ring (bicyclic) bond motifs is 11. The van der Waals surface area contributed by atoms with Crippen LogP contribution in [0.3, 0.4) is 0 Å². The molecule has 5 aromatic carbocycles. The molecule has 0 unspecified atom stereocenters. The molecule has 4 aliphatic rings. The Morgan fingerprint density at radius 2 is 1.42 bits per heavy atom. The van der Waals surface area contributed by atoms with E-state index in [9.17, 15) is 4.79 Å². The largest absolute Gasteiger partial charge is 0.282 e. The quantitative estimate of drug-likeness (QED) is 0.208. The van der Waals surface area contributed by atoms with E-state index in [2.05, 4.69) is 114 Å². The molecule has 0 bridgehead atoms. The SMILES string of the molecule is O=c1c2cc(Cl)ccc2nc2n1-c1ccccc1[C@@]21N2CCC[C@@H]2[C@]2(c3ccccc3)[C@@H](c3ccccc3)[C@@]21c1ccccc1. The molecule has 0 amide bonds. The van der Waals surface area contributed by atoms with Gasteiger partial charge in [-0.3, -0.25) is 14.3 Å². The molecule has 2 saturated heterocycles. The van der Waals surface area contributed by atoms with E-state index in [1.54, 1.807) is 6.07 Å². The number of aromatic nitrogens is 2. The molecule has 218 valence electrons. The highest BCUT2D eigenvalue weighted by Crippen LogP contribution is 2.89. The lowest BCUT2D eigenvalue weighted by atomic mass is 9.67. The van der Waals surface area contributed by atoms with Crippen LogP contribution in [0.4, 0.5) is 0 Å². The van der Waals surface area contributed by atoms with Crippen molar-refractivity contribution in [1.29, 1.82) is 0 Å².